The van der Waals surface area contributed by atoms with E-state index in [9.17, 15) is 4.79 Å². The Morgan fingerprint density at radius 3 is 2.96 bits per heavy atom. The number of hydrogen-bond donors (Lipinski definition) is 2. The van der Waals surface area contributed by atoms with Gasteiger partial charge in [-0.1, -0.05) is 12.1 Å². The summed E-state index contributed by atoms with van der Waals surface area (Å²) < 4.78 is 5.05. The van der Waals surface area contributed by atoms with Gasteiger partial charge in [-0.25, -0.2) is 4.98 Å². The Morgan fingerprint density at radius 2 is 2.19 bits per heavy atom. The predicted molar refractivity (Wildman–Crippen MR) is 101 cm³/mol. The summed E-state index contributed by atoms with van der Waals surface area (Å²) in [7, 11) is 1.56. The number of rotatable bonds is 5. The number of nitrogens with zero attached hydrogens (tertiary/aromatic N) is 4. The van der Waals surface area contributed by atoms with Crippen molar-refractivity contribution in [2.24, 2.45) is 5.92 Å². The molecule has 27 heavy (non-hydrogen) atoms. The van der Waals surface area contributed by atoms with Crippen LogP contribution in [0.5, 0.6) is 5.88 Å². The molecule has 4 rings (SSSR count). The standard InChI is InChI=1S/C19H22N6O2/c1-27-18-9-8-17(23-24-18)25-10-4-5-13(12-25)19(26)20-11-16-21-14-6-2-3-7-15(14)22-16/h2-3,6-9,13H,4-5,10-12H2,1H3,(H,20,26)(H,21,22)/t13-/m0/s1. The van der Waals surface area contributed by atoms with E-state index in [4.69, 9.17) is 4.74 Å². The number of hydrogen-bond acceptors (Lipinski definition) is 6. The number of anilines is 1. The molecule has 0 aliphatic carbocycles. The molecular formula is C19H22N6O2. The highest BCUT2D eigenvalue weighted by molar-refractivity contribution is 5.80. The minimum atomic E-state index is -0.0768. The Labute approximate surface area is 157 Å². The number of H-pyrrole nitrogens is 1. The number of nitrogens with one attached hydrogen (secondary N) is 2. The van der Waals surface area contributed by atoms with Crippen LogP contribution < -0.4 is 15.0 Å². The fraction of sp³-hybridized carbons (Fsp3) is 0.368. The van der Waals surface area contributed by atoms with Crippen LogP contribution in [0.2, 0.25) is 0 Å². The van der Waals surface area contributed by atoms with Crippen molar-refractivity contribution in [2.45, 2.75) is 19.4 Å². The maximum absolute atomic E-state index is 12.6. The number of imidazole rings is 1. The summed E-state index contributed by atoms with van der Waals surface area (Å²) in [5, 5.41) is 11.2. The molecule has 0 saturated carbocycles. The highest BCUT2D eigenvalue weighted by Crippen LogP contribution is 2.22. The summed E-state index contributed by atoms with van der Waals surface area (Å²) in [5.41, 5.74) is 1.88. The predicted octanol–water partition coefficient (Wildman–Crippen LogP) is 1.89. The lowest BCUT2D eigenvalue weighted by Gasteiger charge is -2.32. The molecule has 0 bridgehead atoms. The molecule has 2 aromatic heterocycles. The molecule has 0 spiro atoms. The topological polar surface area (TPSA) is 96.0 Å². The lowest BCUT2D eigenvalue weighted by atomic mass is 9.97. The number of fused-ring (bicyclic) bond motifs is 1. The molecule has 1 aliphatic rings. The zero-order chi connectivity index (χ0) is 18.6. The third-order valence-corrected chi connectivity index (χ3v) is 4.82. The minimum absolute atomic E-state index is 0.0432. The molecule has 1 fully saturated rings. The smallest absolute Gasteiger partial charge is 0.233 e. The molecule has 140 valence electrons. The number of carbonyl (C=O) groups excluding carboxylic acids is 1. The van der Waals surface area contributed by atoms with E-state index in [0.29, 0.717) is 19.0 Å². The van der Waals surface area contributed by atoms with Gasteiger partial charge >= 0.3 is 0 Å². The summed E-state index contributed by atoms with van der Waals surface area (Å²) in [6.45, 7) is 1.90. The van der Waals surface area contributed by atoms with Crippen LogP contribution in [0.25, 0.3) is 11.0 Å². The van der Waals surface area contributed by atoms with Crippen molar-refractivity contribution in [2.75, 3.05) is 25.1 Å². The third kappa shape index (κ3) is 3.84. The van der Waals surface area contributed by atoms with Crippen LogP contribution in [0.1, 0.15) is 18.7 Å². The molecule has 1 amide bonds. The molecular weight excluding hydrogens is 344 g/mol. The molecule has 8 nitrogen and oxygen atoms in total. The van der Waals surface area contributed by atoms with Gasteiger partial charge in [0.25, 0.3) is 0 Å². The summed E-state index contributed by atoms with van der Waals surface area (Å²) in [6, 6.07) is 11.5. The monoisotopic (exact) mass is 366 g/mol. The maximum atomic E-state index is 12.6. The van der Waals surface area contributed by atoms with Crippen molar-refractivity contribution < 1.29 is 9.53 Å². The van der Waals surface area contributed by atoms with Gasteiger partial charge < -0.3 is 19.9 Å². The molecule has 3 aromatic rings. The average Bonchev–Trinajstić information content (AvgIpc) is 3.15. The van der Waals surface area contributed by atoms with E-state index >= 15 is 0 Å². The largest absolute Gasteiger partial charge is 0.480 e. The van der Waals surface area contributed by atoms with E-state index in [1.165, 1.54) is 0 Å². The SMILES string of the molecule is COc1ccc(N2CCC[C@H](C(=O)NCc3nc4ccccc4[nH]3)C2)nn1. The fourth-order valence-corrected chi connectivity index (χ4v) is 3.39. The van der Waals surface area contributed by atoms with Crippen LogP contribution in [0.3, 0.4) is 0 Å². The van der Waals surface area contributed by atoms with Gasteiger partial charge in [0.2, 0.25) is 11.8 Å². The Balaban J connectivity index is 1.36. The molecule has 3 heterocycles. The van der Waals surface area contributed by atoms with Crippen molar-refractivity contribution in [3.05, 3.63) is 42.2 Å². The first-order valence-electron chi connectivity index (χ1n) is 9.07. The van der Waals surface area contributed by atoms with Gasteiger partial charge in [-0.15, -0.1) is 10.2 Å². The number of para-hydroxylation sites is 2. The summed E-state index contributed by atoms with van der Waals surface area (Å²) >= 11 is 0. The first-order chi connectivity index (χ1) is 13.2. The number of carbonyl (C=O) groups is 1. The number of piperidine rings is 1. The normalized spacial score (nSPS) is 17.1. The van der Waals surface area contributed by atoms with Gasteiger partial charge in [0.1, 0.15) is 5.82 Å². The molecule has 0 unspecified atom stereocenters. The molecule has 0 radical (unpaired) electrons. The summed E-state index contributed by atoms with van der Waals surface area (Å²) in [4.78, 5) is 22.5. The average molecular weight is 366 g/mol. The number of aromatic amines is 1. The maximum Gasteiger partial charge on any atom is 0.233 e. The second-order valence-corrected chi connectivity index (χ2v) is 6.64. The molecule has 2 N–H and O–H groups in total. The summed E-state index contributed by atoms with van der Waals surface area (Å²) in [5.74, 6) is 1.98. The van der Waals surface area contributed by atoms with Gasteiger partial charge in [-0.2, -0.15) is 0 Å². The molecule has 1 atom stereocenters. The van der Waals surface area contributed by atoms with Crippen molar-refractivity contribution >= 4 is 22.8 Å². The first-order valence-corrected chi connectivity index (χ1v) is 9.07. The highest BCUT2D eigenvalue weighted by Gasteiger charge is 2.26. The van der Waals surface area contributed by atoms with Gasteiger partial charge in [0.15, 0.2) is 5.82 Å². The fourth-order valence-electron chi connectivity index (χ4n) is 3.39. The van der Waals surface area contributed by atoms with E-state index in [1.54, 1.807) is 13.2 Å². The Morgan fingerprint density at radius 1 is 1.30 bits per heavy atom. The van der Waals surface area contributed by atoms with Crippen LogP contribution in [-0.2, 0) is 11.3 Å². The third-order valence-electron chi connectivity index (χ3n) is 4.82. The number of amides is 1. The van der Waals surface area contributed by atoms with E-state index in [2.05, 4.69) is 30.4 Å². The Hall–Kier alpha value is -3.16. The Kier molecular flexibility index (Phi) is 4.86. The molecule has 8 heteroatoms. The summed E-state index contributed by atoms with van der Waals surface area (Å²) in [6.07, 6.45) is 1.81. The highest BCUT2D eigenvalue weighted by atomic mass is 16.5. The zero-order valence-electron chi connectivity index (χ0n) is 15.2. The second-order valence-electron chi connectivity index (χ2n) is 6.64. The molecule has 1 aromatic carbocycles. The van der Waals surface area contributed by atoms with Gasteiger partial charge in [0.05, 0.1) is 30.6 Å². The van der Waals surface area contributed by atoms with Gasteiger partial charge in [-0.3, -0.25) is 4.79 Å². The van der Waals surface area contributed by atoms with Crippen LogP contribution >= 0.6 is 0 Å². The zero-order valence-corrected chi connectivity index (χ0v) is 15.2. The Bertz CT molecular complexity index is 890. The van der Waals surface area contributed by atoms with E-state index < -0.39 is 0 Å². The van der Waals surface area contributed by atoms with Crippen LogP contribution in [0.15, 0.2) is 36.4 Å². The van der Waals surface area contributed by atoms with Gasteiger partial charge in [-0.05, 0) is 31.0 Å². The number of aromatic nitrogens is 4. The second kappa shape index (κ2) is 7.61. The van der Waals surface area contributed by atoms with Crippen LogP contribution in [-0.4, -0.2) is 46.3 Å². The molecule has 1 aliphatic heterocycles. The number of methoxy groups -OCH3 is 1. The lowest BCUT2D eigenvalue weighted by molar-refractivity contribution is -0.125. The van der Waals surface area contributed by atoms with E-state index in [0.717, 1.165) is 42.1 Å². The van der Waals surface area contributed by atoms with Crippen LogP contribution in [0.4, 0.5) is 5.82 Å². The van der Waals surface area contributed by atoms with Gasteiger partial charge in [0, 0.05) is 19.2 Å². The lowest BCUT2D eigenvalue weighted by Crippen LogP contribution is -2.43. The van der Waals surface area contributed by atoms with E-state index in [-0.39, 0.29) is 11.8 Å². The first kappa shape index (κ1) is 17.3. The van der Waals surface area contributed by atoms with E-state index in [1.807, 2.05) is 30.3 Å². The van der Waals surface area contributed by atoms with Crippen molar-refractivity contribution in [1.29, 1.82) is 0 Å². The van der Waals surface area contributed by atoms with Crippen molar-refractivity contribution in [1.82, 2.24) is 25.5 Å². The number of ether oxygens (including phenoxy) is 1. The van der Waals surface area contributed by atoms with Crippen molar-refractivity contribution in [3.63, 3.8) is 0 Å². The minimum Gasteiger partial charge on any atom is -0.480 e. The number of benzene rings is 1. The molecule has 1 saturated heterocycles. The quantitative estimate of drug-likeness (QED) is 0.716. The van der Waals surface area contributed by atoms with Crippen LogP contribution in [0, 0.1) is 5.92 Å². The van der Waals surface area contributed by atoms with Crippen molar-refractivity contribution in [3.8, 4) is 5.88 Å².